The van der Waals surface area contributed by atoms with Gasteiger partial charge in [-0.2, -0.15) is 0 Å². The highest BCUT2D eigenvalue weighted by Crippen LogP contribution is 2.38. The predicted octanol–water partition coefficient (Wildman–Crippen LogP) is 5.34. The predicted molar refractivity (Wildman–Crippen MR) is 109 cm³/mol. The van der Waals surface area contributed by atoms with E-state index >= 15 is 0 Å². The standard InChI is InChI=1S/C23H29ClO2/c1-15-4-5-17(14-23(3,26)13-15)10-20-11-18(6-7-22(20)24)19-8-16(2)9-21(25)12-19/h4-7,11,14,16,19,21,25-26H,1,8-10,12-13H2,2-3H3. The first-order chi connectivity index (χ1) is 12.2. The van der Waals surface area contributed by atoms with Gasteiger partial charge in [0.2, 0.25) is 0 Å². The molecule has 1 aromatic carbocycles. The Labute approximate surface area is 161 Å². The first kappa shape index (κ1) is 19.4. The summed E-state index contributed by atoms with van der Waals surface area (Å²) in [4.78, 5) is 0. The normalized spacial score (nSPS) is 32.3. The smallest absolute Gasteiger partial charge is 0.0845 e. The van der Waals surface area contributed by atoms with Gasteiger partial charge in [-0.25, -0.2) is 0 Å². The maximum Gasteiger partial charge on any atom is 0.0845 e. The molecule has 1 fully saturated rings. The van der Waals surface area contributed by atoms with Crippen molar-refractivity contribution < 1.29 is 10.2 Å². The average Bonchev–Trinajstić information content (AvgIpc) is 2.65. The second-order valence-corrected chi connectivity index (χ2v) is 8.84. The van der Waals surface area contributed by atoms with Crippen LogP contribution in [-0.2, 0) is 6.42 Å². The third kappa shape index (κ3) is 4.88. The number of rotatable bonds is 3. The molecule has 4 unspecified atom stereocenters. The van der Waals surface area contributed by atoms with Gasteiger partial charge in [0.05, 0.1) is 11.7 Å². The average molecular weight is 373 g/mol. The van der Waals surface area contributed by atoms with E-state index in [4.69, 9.17) is 11.6 Å². The fourth-order valence-corrected chi connectivity index (χ4v) is 4.58. The lowest BCUT2D eigenvalue weighted by Crippen LogP contribution is -2.23. The summed E-state index contributed by atoms with van der Waals surface area (Å²) in [6.45, 7) is 8.01. The molecule has 3 heteroatoms. The number of hydrogen-bond donors (Lipinski definition) is 2. The lowest BCUT2D eigenvalue weighted by molar-refractivity contribution is 0.0945. The zero-order valence-electron chi connectivity index (χ0n) is 15.7. The Bertz CT molecular complexity index is 735. The van der Waals surface area contributed by atoms with Crippen molar-refractivity contribution in [2.24, 2.45) is 5.92 Å². The summed E-state index contributed by atoms with van der Waals surface area (Å²) in [6.07, 6.45) is 9.75. The summed E-state index contributed by atoms with van der Waals surface area (Å²) in [6, 6.07) is 6.24. The van der Waals surface area contributed by atoms with Crippen molar-refractivity contribution in [3.8, 4) is 0 Å². The molecule has 0 radical (unpaired) electrons. The number of halogens is 1. The van der Waals surface area contributed by atoms with Gasteiger partial charge in [0.15, 0.2) is 0 Å². The van der Waals surface area contributed by atoms with Crippen molar-refractivity contribution in [3.63, 3.8) is 0 Å². The van der Waals surface area contributed by atoms with Crippen molar-refractivity contribution >= 4 is 11.6 Å². The molecule has 2 aliphatic rings. The number of hydrogen-bond acceptors (Lipinski definition) is 2. The molecule has 4 atom stereocenters. The molecule has 2 N–H and O–H groups in total. The summed E-state index contributed by atoms with van der Waals surface area (Å²) in [5.74, 6) is 0.919. The van der Waals surface area contributed by atoms with Crippen LogP contribution in [0.3, 0.4) is 0 Å². The maximum atomic E-state index is 10.5. The van der Waals surface area contributed by atoms with Crippen LogP contribution >= 0.6 is 11.6 Å². The molecule has 2 aliphatic carbocycles. The summed E-state index contributed by atoms with van der Waals surface area (Å²) < 4.78 is 0. The third-order valence-corrected chi connectivity index (χ3v) is 5.84. The Balaban J connectivity index is 1.85. The van der Waals surface area contributed by atoms with Gasteiger partial charge in [-0.3, -0.25) is 0 Å². The van der Waals surface area contributed by atoms with Gasteiger partial charge in [0, 0.05) is 11.4 Å². The van der Waals surface area contributed by atoms with Gasteiger partial charge in [-0.15, -0.1) is 0 Å². The summed E-state index contributed by atoms with van der Waals surface area (Å²) >= 11 is 6.47. The van der Waals surface area contributed by atoms with Gasteiger partial charge in [0.1, 0.15) is 0 Å². The fourth-order valence-electron chi connectivity index (χ4n) is 4.40. The summed E-state index contributed by atoms with van der Waals surface area (Å²) in [5, 5.41) is 21.4. The highest BCUT2D eigenvalue weighted by Gasteiger charge is 2.27. The molecular formula is C23H29ClO2. The third-order valence-electron chi connectivity index (χ3n) is 5.47. The van der Waals surface area contributed by atoms with E-state index in [0.717, 1.165) is 41.0 Å². The largest absolute Gasteiger partial charge is 0.393 e. The second-order valence-electron chi connectivity index (χ2n) is 8.44. The van der Waals surface area contributed by atoms with Gasteiger partial charge >= 0.3 is 0 Å². The molecule has 0 heterocycles. The molecular weight excluding hydrogens is 344 g/mol. The van der Waals surface area contributed by atoms with Crippen LogP contribution in [-0.4, -0.2) is 21.9 Å². The van der Waals surface area contributed by atoms with Crippen LogP contribution in [0.4, 0.5) is 0 Å². The highest BCUT2D eigenvalue weighted by atomic mass is 35.5. The monoisotopic (exact) mass is 372 g/mol. The number of allylic oxidation sites excluding steroid dienone is 3. The van der Waals surface area contributed by atoms with Crippen LogP contribution in [0.1, 0.15) is 56.6 Å². The first-order valence-electron chi connectivity index (χ1n) is 9.48. The quantitative estimate of drug-likeness (QED) is 0.751. The minimum Gasteiger partial charge on any atom is -0.393 e. The molecule has 0 aromatic heterocycles. The number of aliphatic hydroxyl groups is 2. The molecule has 0 bridgehead atoms. The van der Waals surface area contributed by atoms with Gasteiger partial charge in [-0.05, 0) is 73.3 Å². The zero-order chi connectivity index (χ0) is 18.9. The van der Waals surface area contributed by atoms with Gasteiger partial charge in [0.25, 0.3) is 0 Å². The molecule has 2 nitrogen and oxygen atoms in total. The van der Waals surface area contributed by atoms with Crippen LogP contribution in [0.2, 0.25) is 5.02 Å². The maximum absolute atomic E-state index is 10.5. The molecule has 1 saturated carbocycles. The zero-order valence-corrected chi connectivity index (χ0v) is 16.5. The molecule has 3 rings (SSSR count). The van der Waals surface area contributed by atoms with E-state index in [1.54, 1.807) is 0 Å². The molecule has 0 spiro atoms. The number of aliphatic hydroxyl groups excluding tert-OH is 1. The minimum atomic E-state index is -0.886. The van der Waals surface area contributed by atoms with E-state index in [1.807, 2.05) is 31.2 Å². The van der Waals surface area contributed by atoms with Crippen molar-refractivity contribution in [2.45, 2.75) is 63.6 Å². The van der Waals surface area contributed by atoms with Crippen LogP contribution in [0.25, 0.3) is 0 Å². The Morgan fingerprint density at radius 1 is 1.23 bits per heavy atom. The first-order valence-corrected chi connectivity index (χ1v) is 9.86. The Morgan fingerprint density at radius 3 is 2.73 bits per heavy atom. The van der Waals surface area contributed by atoms with Crippen molar-refractivity contribution in [2.75, 3.05) is 0 Å². The van der Waals surface area contributed by atoms with Crippen molar-refractivity contribution in [1.29, 1.82) is 0 Å². The van der Waals surface area contributed by atoms with E-state index in [9.17, 15) is 10.2 Å². The van der Waals surface area contributed by atoms with Crippen LogP contribution in [0.5, 0.6) is 0 Å². The van der Waals surface area contributed by atoms with Crippen LogP contribution in [0.15, 0.2) is 54.2 Å². The SMILES string of the molecule is C=C1C=CC(Cc2cc(C3CC(C)CC(O)C3)ccc2Cl)=CC(C)(O)C1. The Hall–Kier alpha value is -1.35. The topological polar surface area (TPSA) is 40.5 Å². The minimum absolute atomic E-state index is 0.212. The lowest BCUT2D eigenvalue weighted by Gasteiger charge is -2.31. The van der Waals surface area contributed by atoms with Gasteiger partial charge in [-0.1, -0.05) is 55.0 Å². The molecule has 0 saturated heterocycles. The number of benzene rings is 1. The second kappa shape index (κ2) is 7.72. The Morgan fingerprint density at radius 2 is 2.00 bits per heavy atom. The van der Waals surface area contributed by atoms with Crippen LogP contribution in [0, 0.1) is 5.92 Å². The fraction of sp³-hybridized carbons (Fsp3) is 0.478. The van der Waals surface area contributed by atoms with E-state index in [2.05, 4.69) is 25.6 Å². The van der Waals surface area contributed by atoms with E-state index in [0.29, 0.717) is 24.7 Å². The lowest BCUT2D eigenvalue weighted by atomic mass is 9.77. The van der Waals surface area contributed by atoms with E-state index in [1.165, 1.54) is 5.56 Å². The molecule has 0 amide bonds. The molecule has 1 aromatic rings. The molecule has 26 heavy (non-hydrogen) atoms. The summed E-state index contributed by atoms with van der Waals surface area (Å²) in [7, 11) is 0. The van der Waals surface area contributed by atoms with Crippen molar-refractivity contribution in [3.05, 3.63) is 70.3 Å². The van der Waals surface area contributed by atoms with Crippen LogP contribution < -0.4 is 0 Å². The molecule has 140 valence electrons. The van der Waals surface area contributed by atoms with E-state index < -0.39 is 5.60 Å². The summed E-state index contributed by atoms with van der Waals surface area (Å²) in [5.41, 5.74) is 3.40. The molecule has 0 aliphatic heterocycles. The van der Waals surface area contributed by atoms with Gasteiger partial charge < -0.3 is 10.2 Å². The van der Waals surface area contributed by atoms with Crippen molar-refractivity contribution in [1.82, 2.24) is 0 Å². The van der Waals surface area contributed by atoms with E-state index in [-0.39, 0.29) is 6.10 Å². The Kier molecular flexibility index (Phi) is 5.76. The highest BCUT2D eigenvalue weighted by molar-refractivity contribution is 6.31.